The Kier molecular flexibility index (Phi) is 5.04. The van der Waals surface area contributed by atoms with E-state index in [4.69, 9.17) is 4.74 Å². The smallest absolute Gasteiger partial charge is 0.416 e. The predicted molar refractivity (Wildman–Crippen MR) is 75.2 cm³/mol. The number of amides is 1. The van der Waals surface area contributed by atoms with Crippen molar-refractivity contribution in [2.75, 3.05) is 6.61 Å². The van der Waals surface area contributed by atoms with Gasteiger partial charge in [-0.05, 0) is 29.8 Å². The van der Waals surface area contributed by atoms with Crippen molar-refractivity contribution in [3.63, 3.8) is 0 Å². The first kappa shape index (κ1) is 15.9. The molecule has 3 nitrogen and oxygen atoms in total. The average Bonchev–Trinajstić information content (AvgIpc) is 2.51. The minimum absolute atomic E-state index is 0.211. The third kappa shape index (κ3) is 4.80. The van der Waals surface area contributed by atoms with Crippen molar-refractivity contribution in [2.45, 2.75) is 12.7 Å². The van der Waals surface area contributed by atoms with Gasteiger partial charge in [0.2, 0.25) is 0 Å². The van der Waals surface area contributed by atoms with Crippen LogP contribution in [0.3, 0.4) is 0 Å². The van der Waals surface area contributed by atoms with Gasteiger partial charge in [0.05, 0.1) is 5.56 Å². The molecule has 2 aromatic rings. The van der Waals surface area contributed by atoms with Crippen molar-refractivity contribution in [1.82, 2.24) is 5.32 Å². The van der Waals surface area contributed by atoms with Crippen LogP contribution in [0.2, 0.25) is 0 Å². The molecule has 1 amide bonds. The minimum atomic E-state index is -4.38. The van der Waals surface area contributed by atoms with Crippen molar-refractivity contribution in [3.8, 4) is 5.75 Å². The normalized spacial score (nSPS) is 11.0. The molecule has 0 aliphatic heterocycles. The summed E-state index contributed by atoms with van der Waals surface area (Å²) in [6.45, 7) is 0.119. The van der Waals surface area contributed by atoms with E-state index in [0.717, 1.165) is 17.7 Å². The molecule has 0 unspecified atom stereocenters. The molecule has 22 heavy (non-hydrogen) atoms. The standard InChI is InChI=1S/C16H14F3NO2/c17-16(18,19)13-6-8-14(9-7-13)22-11-15(21)20-10-12-4-2-1-3-5-12/h1-9H,10-11H2,(H,20,21). The van der Waals surface area contributed by atoms with Crippen molar-refractivity contribution in [3.05, 3.63) is 65.7 Å². The largest absolute Gasteiger partial charge is 0.484 e. The molecule has 0 fully saturated rings. The first-order valence-electron chi connectivity index (χ1n) is 6.56. The first-order valence-corrected chi connectivity index (χ1v) is 6.56. The Bertz CT molecular complexity index is 610. The van der Waals surface area contributed by atoms with Gasteiger partial charge in [-0.25, -0.2) is 0 Å². The van der Waals surface area contributed by atoms with Gasteiger partial charge in [0, 0.05) is 6.54 Å². The number of carbonyl (C=O) groups excluding carboxylic acids is 1. The Morgan fingerprint density at radius 2 is 1.64 bits per heavy atom. The Labute approximate surface area is 125 Å². The molecule has 1 N–H and O–H groups in total. The van der Waals surface area contributed by atoms with Gasteiger partial charge in [-0.2, -0.15) is 13.2 Å². The summed E-state index contributed by atoms with van der Waals surface area (Å²) in [5.41, 5.74) is 0.193. The van der Waals surface area contributed by atoms with Crippen LogP contribution in [0.15, 0.2) is 54.6 Å². The Balaban J connectivity index is 1.79. The lowest BCUT2D eigenvalue weighted by atomic mass is 10.2. The SMILES string of the molecule is O=C(COc1ccc(C(F)(F)F)cc1)NCc1ccccc1. The van der Waals surface area contributed by atoms with Gasteiger partial charge in [0.15, 0.2) is 6.61 Å². The highest BCUT2D eigenvalue weighted by Gasteiger charge is 2.30. The molecule has 0 radical (unpaired) electrons. The second kappa shape index (κ2) is 6.98. The quantitative estimate of drug-likeness (QED) is 0.919. The zero-order chi connectivity index (χ0) is 16.0. The van der Waals surface area contributed by atoms with Gasteiger partial charge in [0.25, 0.3) is 5.91 Å². The fourth-order valence-corrected chi connectivity index (χ4v) is 1.74. The van der Waals surface area contributed by atoms with Gasteiger partial charge in [-0.1, -0.05) is 30.3 Å². The predicted octanol–water partition coefficient (Wildman–Crippen LogP) is 3.40. The summed E-state index contributed by atoms with van der Waals surface area (Å²) >= 11 is 0. The van der Waals surface area contributed by atoms with Gasteiger partial charge in [-0.15, -0.1) is 0 Å². The minimum Gasteiger partial charge on any atom is -0.484 e. The maximum absolute atomic E-state index is 12.4. The first-order chi connectivity index (χ1) is 10.4. The molecule has 0 saturated carbocycles. The molecule has 0 saturated heterocycles. The van der Waals surface area contributed by atoms with E-state index in [1.165, 1.54) is 12.1 Å². The summed E-state index contributed by atoms with van der Waals surface area (Å²) in [4.78, 5) is 11.6. The molecule has 0 bridgehead atoms. The second-order valence-corrected chi connectivity index (χ2v) is 4.57. The molecule has 0 aromatic heterocycles. The molecular formula is C16H14F3NO2. The van der Waals surface area contributed by atoms with E-state index in [1.54, 1.807) is 0 Å². The number of benzene rings is 2. The Morgan fingerprint density at radius 1 is 1.00 bits per heavy atom. The topological polar surface area (TPSA) is 38.3 Å². The number of rotatable bonds is 5. The number of alkyl halides is 3. The van der Waals surface area contributed by atoms with Crippen molar-refractivity contribution >= 4 is 5.91 Å². The van der Waals surface area contributed by atoms with Crippen LogP contribution >= 0.6 is 0 Å². The number of halogens is 3. The monoisotopic (exact) mass is 309 g/mol. The zero-order valence-corrected chi connectivity index (χ0v) is 11.6. The van der Waals surface area contributed by atoms with Crippen molar-refractivity contribution < 1.29 is 22.7 Å². The fourth-order valence-electron chi connectivity index (χ4n) is 1.74. The van der Waals surface area contributed by atoms with Crippen LogP contribution in [0.25, 0.3) is 0 Å². The maximum Gasteiger partial charge on any atom is 0.416 e. The summed E-state index contributed by atoms with van der Waals surface area (Å²) in [6.07, 6.45) is -4.38. The summed E-state index contributed by atoms with van der Waals surface area (Å²) in [6, 6.07) is 13.5. The van der Waals surface area contributed by atoms with Gasteiger partial charge in [0.1, 0.15) is 5.75 Å². The molecule has 0 heterocycles. The summed E-state index contributed by atoms with van der Waals surface area (Å²) in [5, 5.41) is 2.66. The highest BCUT2D eigenvalue weighted by Crippen LogP contribution is 2.30. The van der Waals surface area contributed by atoms with Crippen LogP contribution in [0, 0.1) is 0 Å². The van der Waals surface area contributed by atoms with E-state index in [1.807, 2.05) is 30.3 Å². The van der Waals surface area contributed by atoms with Crippen LogP contribution < -0.4 is 10.1 Å². The van der Waals surface area contributed by atoms with E-state index >= 15 is 0 Å². The molecule has 0 aliphatic carbocycles. The lowest BCUT2D eigenvalue weighted by Gasteiger charge is -2.09. The number of hydrogen-bond donors (Lipinski definition) is 1. The molecule has 0 atom stereocenters. The molecule has 0 aliphatic rings. The van der Waals surface area contributed by atoms with Gasteiger partial charge < -0.3 is 10.1 Å². The Hall–Kier alpha value is -2.50. The lowest BCUT2D eigenvalue weighted by Crippen LogP contribution is -2.28. The number of hydrogen-bond acceptors (Lipinski definition) is 2. The van der Waals surface area contributed by atoms with E-state index in [2.05, 4.69) is 5.32 Å². The van der Waals surface area contributed by atoms with E-state index in [9.17, 15) is 18.0 Å². The van der Waals surface area contributed by atoms with Crippen LogP contribution in [0.1, 0.15) is 11.1 Å². The lowest BCUT2D eigenvalue weighted by molar-refractivity contribution is -0.137. The molecule has 6 heteroatoms. The second-order valence-electron chi connectivity index (χ2n) is 4.57. The summed E-state index contributed by atoms with van der Waals surface area (Å²) < 4.78 is 42.3. The van der Waals surface area contributed by atoms with Crippen LogP contribution in [0.4, 0.5) is 13.2 Å². The van der Waals surface area contributed by atoms with Gasteiger partial charge >= 0.3 is 6.18 Å². The average molecular weight is 309 g/mol. The van der Waals surface area contributed by atoms with Crippen molar-refractivity contribution in [2.24, 2.45) is 0 Å². The number of nitrogens with one attached hydrogen (secondary N) is 1. The molecular weight excluding hydrogens is 295 g/mol. The van der Waals surface area contributed by atoms with Crippen LogP contribution in [0.5, 0.6) is 5.75 Å². The van der Waals surface area contributed by atoms with Gasteiger partial charge in [-0.3, -0.25) is 4.79 Å². The number of ether oxygens (including phenoxy) is 1. The Morgan fingerprint density at radius 3 is 2.23 bits per heavy atom. The third-order valence-electron chi connectivity index (χ3n) is 2.88. The zero-order valence-electron chi connectivity index (χ0n) is 11.6. The highest BCUT2D eigenvalue weighted by atomic mass is 19.4. The van der Waals surface area contributed by atoms with E-state index < -0.39 is 11.7 Å². The number of carbonyl (C=O) groups is 1. The molecule has 2 aromatic carbocycles. The van der Waals surface area contributed by atoms with Crippen LogP contribution in [-0.2, 0) is 17.5 Å². The fraction of sp³-hybridized carbons (Fsp3) is 0.188. The van der Waals surface area contributed by atoms with Crippen LogP contribution in [-0.4, -0.2) is 12.5 Å². The highest BCUT2D eigenvalue weighted by molar-refractivity contribution is 5.77. The van der Waals surface area contributed by atoms with E-state index in [0.29, 0.717) is 6.54 Å². The van der Waals surface area contributed by atoms with E-state index in [-0.39, 0.29) is 18.3 Å². The molecule has 0 spiro atoms. The third-order valence-corrected chi connectivity index (χ3v) is 2.88. The maximum atomic E-state index is 12.4. The molecule has 2 rings (SSSR count). The summed E-state index contributed by atoms with van der Waals surface area (Å²) in [5.74, 6) is -0.133. The molecule has 116 valence electrons. The van der Waals surface area contributed by atoms with Crippen molar-refractivity contribution in [1.29, 1.82) is 0 Å². The summed E-state index contributed by atoms with van der Waals surface area (Å²) in [7, 11) is 0.